The minimum absolute atomic E-state index is 0.0469. The molecule has 0 radical (unpaired) electrons. The molecule has 3 amide bonds. The van der Waals surface area contributed by atoms with Crippen LogP contribution in [-0.4, -0.2) is 53.7 Å². The van der Waals surface area contributed by atoms with Crippen LogP contribution >= 0.6 is 0 Å². The topological polar surface area (TPSA) is 143 Å². The summed E-state index contributed by atoms with van der Waals surface area (Å²) in [5.41, 5.74) is 1.51. The molecule has 6 N–H and O–H groups in total. The normalized spacial score (nSPS) is 16.4. The van der Waals surface area contributed by atoms with Crippen LogP contribution in [0.2, 0.25) is 0 Å². The molecular weight excluding hydrogens is 330 g/mol. The summed E-state index contributed by atoms with van der Waals surface area (Å²) in [5, 5.41) is 27.1. The first kappa shape index (κ1) is 18.2. The summed E-state index contributed by atoms with van der Waals surface area (Å²) in [6.45, 7) is 3.04. The Morgan fingerprint density at radius 2 is 1.72 bits per heavy atom. The Hall–Kier alpha value is -3.17. The number of nitrogens with zero attached hydrogens (tertiary/aromatic N) is 1. The largest absolute Gasteiger partial charge is 0.465 e. The highest BCUT2D eigenvalue weighted by molar-refractivity contribution is 5.73. The van der Waals surface area contributed by atoms with Crippen molar-refractivity contribution in [2.75, 3.05) is 23.3 Å². The SMILES string of the molecule is CC(=O)N[C@@H]1CCN(c2ccc(NC(NC(=O)O)NC(=O)O)cc2)C1. The zero-order valence-corrected chi connectivity index (χ0v) is 13.7. The van der Waals surface area contributed by atoms with Gasteiger partial charge in [0, 0.05) is 37.4 Å². The second kappa shape index (κ2) is 8.08. The lowest BCUT2D eigenvalue weighted by molar-refractivity contribution is -0.119. The molecule has 1 aromatic rings. The van der Waals surface area contributed by atoms with E-state index in [0.717, 1.165) is 25.2 Å². The van der Waals surface area contributed by atoms with E-state index in [4.69, 9.17) is 10.2 Å². The van der Waals surface area contributed by atoms with Gasteiger partial charge in [-0.2, -0.15) is 0 Å². The van der Waals surface area contributed by atoms with Crippen LogP contribution in [0.15, 0.2) is 24.3 Å². The highest BCUT2D eigenvalue weighted by Crippen LogP contribution is 2.22. The Morgan fingerprint density at radius 1 is 1.12 bits per heavy atom. The molecule has 1 fully saturated rings. The van der Waals surface area contributed by atoms with Gasteiger partial charge in [0.1, 0.15) is 0 Å². The van der Waals surface area contributed by atoms with Gasteiger partial charge in [-0.1, -0.05) is 0 Å². The van der Waals surface area contributed by atoms with Crippen molar-refractivity contribution in [3.8, 4) is 0 Å². The molecule has 0 aliphatic carbocycles. The minimum atomic E-state index is -1.36. The molecule has 1 saturated heterocycles. The van der Waals surface area contributed by atoms with Crippen LogP contribution in [0.4, 0.5) is 21.0 Å². The van der Waals surface area contributed by atoms with Gasteiger partial charge in [0.25, 0.3) is 0 Å². The summed E-state index contributed by atoms with van der Waals surface area (Å²) in [5.74, 6) is -0.0469. The molecule has 10 nitrogen and oxygen atoms in total. The zero-order chi connectivity index (χ0) is 18.4. The summed E-state index contributed by atoms with van der Waals surface area (Å²) < 4.78 is 0. The maximum atomic E-state index is 11.1. The maximum Gasteiger partial charge on any atom is 0.407 e. The van der Waals surface area contributed by atoms with Crippen molar-refractivity contribution in [1.29, 1.82) is 0 Å². The number of hydrogen-bond donors (Lipinski definition) is 6. The van der Waals surface area contributed by atoms with Gasteiger partial charge in [0.05, 0.1) is 0 Å². The van der Waals surface area contributed by atoms with Crippen LogP contribution in [0.3, 0.4) is 0 Å². The van der Waals surface area contributed by atoms with Crippen LogP contribution in [0.1, 0.15) is 13.3 Å². The smallest absolute Gasteiger partial charge is 0.407 e. The number of carboxylic acid groups (broad SMARTS) is 2. The van der Waals surface area contributed by atoms with Crippen LogP contribution in [0, 0.1) is 0 Å². The second-order valence-electron chi connectivity index (χ2n) is 5.66. The van der Waals surface area contributed by atoms with E-state index in [-0.39, 0.29) is 11.9 Å². The third kappa shape index (κ3) is 5.75. The van der Waals surface area contributed by atoms with Gasteiger partial charge < -0.3 is 25.7 Å². The van der Waals surface area contributed by atoms with Crippen LogP contribution in [0.5, 0.6) is 0 Å². The first-order valence-corrected chi connectivity index (χ1v) is 7.71. The Bertz CT molecular complexity index is 620. The second-order valence-corrected chi connectivity index (χ2v) is 5.66. The van der Waals surface area contributed by atoms with Gasteiger partial charge in [0.2, 0.25) is 5.91 Å². The molecule has 1 aromatic carbocycles. The van der Waals surface area contributed by atoms with E-state index >= 15 is 0 Å². The summed E-state index contributed by atoms with van der Waals surface area (Å²) in [7, 11) is 0. The van der Waals surface area contributed by atoms with Gasteiger partial charge in [-0.15, -0.1) is 0 Å². The van der Waals surface area contributed by atoms with E-state index < -0.39 is 18.5 Å². The molecule has 25 heavy (non-hydrogen) atoms. The summed E-state index contributed by atoms with van der Waals surface area (Å²) in [6.07, 6.45) is -3.02. The summed E-state index contributed by atoms with van der Waals surface area (Å²) in [4.78, 5) is 34.6. The first-order chi connectivity index (χ1) is 11.8. The van der Waals surface area contributed by atoms with Gasteiger partial charge in [-0.05, 0) is 30.7 Å². The monoisotopic (exact) mass is 351 g/mol. The maximum absolute atomic E-state index is 11.1. The average Bonchev–Trinajstić information content (AvgIpc) is 2.94. The molecule has 0 spiro atoms. The Balaban J connectivity index is 1.95. The number of hydrogen-bond acceptors (Lipinski definition) is 5. The van der Waals surface area contributed by atoms with E-state index in [1.165, 1.54) is 6.92 Å². The quantitative estimate of drug-likeness (QED) is 0.413. The van der Waals surface area contributed by atoms with E-state index in [1.807, 2.05) is 22.8 Å². The summed E-state index contributed by atoms with van der Waals surface area (Å²) in [6, 6.07) is 7.26. The molecule has 1 aliphatic rings. The molecule has 0 unspecified atom stereocenters. The minimum Gasteiger partial charge on any atom is -0.465 e. The molecule has 1 heterocycles. The number of amides is 3. The molecule has 0 bridgehead atoms. The van der Waals surface area contributed by atoms with E-state index in [9.17, 15) is 14.4 Å². The zero-order valence-electron chi connectivity index (χ0n) is 13.7. The number of carbonyl (C=O) groups excluding carboxylic acids is 1. The van der Waals surface area contributed by atoms with Crippen LogP contribution in [-0.2, 0) is 4.79 Å². The lowest BCUT2D eigenvalue weighted by Gasteiger charge is -2.21. The standard InChI is InChI=1S/C15H21N5O5/c1-9(21)16-11-6-7-20(8-11)12-4-2-10(3-5-12)17-13(18-14(22)23)19-15(24)25/h2-5,11,13,17-19H,6-8H2,1H3,(H,16,21)(H,22,23)(H,24,25)/t11-/m1/s1. The van der Waals surface area contributed by atoms with Gasteiger partial charge in [-0.25, -0.2) is 9.59 Å². The van der Waals surface area contributed by atoms with Crippen molar-refractivity contribution in [1.82, 2.24) is 16.0 Å². The lowest BCUT2D eigenvalue weighted by atomic mass is 10.2. The predicted molar refractivity (Wildman–Crippen MR) is 90.6 cm³/mol. The lowest BCUT2D eigenvalue weighted by Crippen LogP contribution is -2.52. The van der Waals surface area contributed by atoms with Crippen LogP contribution < -0.4 is 26.2 Å². The van der Waals surface area contributed by atoms with Gasteiger partial charge >= 0.3 is 12.2 Å². The number of anilines is 2. The number of nitrogens with one attached hydrogen (secondary N) is 4. The Morgan fingerprint density at radius 3 is 2.24 bits per heavy atom. The third-order valence-electron chi connectivity index (χ3n) is 3.67. The highest BCUT2D eigenvalue weighted by atomic mass is 16.4. The van der Waals surface area contributed by atoms with Crippen molar-refractivity contribution in [2.45, 2.75) is 25.7 Å². The number of benzene rings is 1. The fourth-order valence-electron chi connectivity index (χ4n) is 2.69. The van der Waals surface area contributed by atoms with Crippen molar-refractivity contribution >= 4 is 29.5 Å². The summed E-state index contributed by atoms with van der Waals surface area (Å²) >= 11 is 0. The molecule has 10 heteroatoms. The predicted octanol–water partition coefficient (Wildman–Crippen LogP) is 0.632. The fraction of sp³-hybridized carbons (Fsp3) is 0.400. The fourth-order valence-corrected chi connectivity index (χ4v) is 2.69. The highest BCUT2D eigenvalue weighted by Gasteiger charge is 2.23. The average molecular weight is 351 g/mol. The van der Waals surface area contributed by atoms with Gasteiger partial charge in [-0.3, -0.25) is 15.4 Å². The molecule has 136 valence electrons. The Kier molecular flexibility index (Phi) is 5.88. The molecular formula is C15H21N5O5. The van der Waals surface area contributed by atoms with Crippen molar-refractivity contribution in [2.24, 2.45) is 0 Å². The Labute approximate surface area is 144 Å². The molecule has 2 rings (SSSR count). The van der Waals surface area contributed by atoms with Crippen molar-refractivity contribution in [3.63, 3.8) is 0 Å². The molecule has 0 saturated carbocycles. The molecule has 0 aromatic heterocycles. The molecule has 1 aliphatic heterocycles. The number of carbonyl (C=O) groups is 3. The van der Waals surface area contributed by atoms with E-state index in [2.05, 4.69) is 15.5 Å². The first-order valence-electron chi connectivity index (χ1n) is 7.71. The van der Waals surface area contributed by atoms with Crippen molar-refractivity contribution < 1.29 is 24.6 Å². The third-order valence-corrected chi connectivity index (χ3v) is 3.67. The van der Waals surface area contributed by atoms with E-state index in [0.29, 0.717) is 5.69 Å². The number of rotatable bonds is 6. The molecule has 1 atom stereocenters. The van der Waals surface area contributed by atoms with Crippen molar-refractivity contribution in [3.05, 3.63) is 24.3 Å². The van der Waals surface area contributed by atoms with Crippen LogP contribution in [0.25, 0.3) is 0 Å². The van der Waals surface area contributed by atoms with E-state index in [1.54, 1.807) is 12.1 Å². The van der Waals surface area contributed by atoms with Gasteiger partial charge in [0.15, 0.2) is 6.29 Å².